The molecule has 0 aliphatic heterocycles. The lowest BCUT2D eigenvalue weighted by molar-refractivity contribution is 0.220. The van der Waals surface area contributed by atoms with Gasteiger partial charge in [0.25, 0.3) is 0 Å². The van der Waals surface area contributed by atoms with E-state index in [2.05, 4.69) is 5.32 Å². The van der Waals surface area contributed by atoms with Gasteiger partial charge in [-0.05, 0) is 36.2 Å². The molecule has 2 amide bonds. The summed E-state index contributed by atoms with van der Waals surface area (Å²) in [4.78, 5) is 13.7. The topological polar surface area (TPSA) is 32.3 Å². The zero-order valence-corrected chi connectivity index (χ0v) is 12.6. The molecule has 0 aliphatic carbocycles. The Balaban J connectivity index is 2.04. The number of rotatable bonds is 3. The van der Waals surface area contributed by atoms with Gasteiger partial charge >= 0.3 is 6.03 Å². The molecule has 0 bridgehead atoms. The molecular weight excluding hydrogens is 291 g/mol. The first-order chi connectivity index (χ1) is 9.97. The molecule has 0 aliphatic rings. The molecule has 0 fully saturated rings. The minimum absolute atomic E-state index is 0.174. The van der Waals surface area contributed by atoms with Crippen LogP contribution in [0.4, 0.5) is 14.9 Å². The zero-order valence-electron chi connectivity index (χ0n) is 11.9. The summed E-state index contributed by atoms with van der Waals surface area (Å²) in [6.07, 6.45) is 0. The molecule has 2 rings (SSSR count). The predicted octanol–water partition coefficient (Wildman–Crippen LogP) is 4.45. The summed E-state index contributed by atoms with van der Waals surface area (Å²) in [5, 5.41) is 2.84. The molecular formula is C16H16ClFN2O. The first-order valence-electron chi connectivity index (χ1n) is 6.49. The SMILES string of the molecule is Cc1ccccc1CN(C)C(=O)Nc1ccc(F)cc1Cl. The quantitative estimate of drug-likeness (QED) is 0.892. The highest BCUT2D eigenvalue weighted by molar-refractivity contribution is 6.33. The highest BCUT2D eigenvalue weighted by Crippen LogP contribution is 2.22. The maximum atomic E-state index is 13.0. The number of anilines is 1. The van der Waals surface area contributed by atoms with Gasteiger partial charge in [0.05, 0.1) is 10.7 Å². The van der Waals surface area contributed by atoms with E-state index < -0.39 is 5.82 Å². The predicted molar refractivity (Wildman–Crippen MR) is 83.1 cm³/mol. The number of carbonyl (C=O) groups excluding carboxylic acids is 1. The minimum atomic E-state index is -0.439. The lowest BCUT2D eigenvalue weighted by Gasteiger charge is -2.19. The van der Waals surface area contributed by atoms with Crippen molar-refractivity contribution in [1.29, 1.82) is 0 Å². The van der Waals surface area contributed by atoms with Gasteiger partial charge in [-0.25, -0.2) is 9.18 Å². The average molecular weight is 307 g/mol. The summed E-state index contributed by atoms with van der Waals surface area (Å²) < 4.78 is 13.0. The molecule has 0 saturated heterocycles. The number of hydrogen-bond acceptors (Lipinski definition) is 1. The standard InChI is InChI=1S/C16H16ClFN2O/c1-11-5-3-4-6-12(11)10-20(2)16(21)19-15-8-7-13(18)9-14(15)17/h3-9H,10H2,1-2H3,(H,19,21). The van der Waals surface area contributed by atoms with Crippen molar-refractivity contribution in [1.82, 2.24) is 4.90 Å². The van der Waals surface area contributed by atoms with Gasteiger partial charge in [0, 0.05) is 13.6 Å². The largest absolute Gasteiger partial charge is 0.323 e. The van der Waals surface area contributed by atoms with E-state index in [9.17, 15) is 9.18 Å². The number of hydrogen-bond donors (Lipinski definition) is 1. The Kier molecular flexibility index (Phi) is 4.81. The van der Waals surface area contributed by atoms with Gasteiger partial charge in [0.2, 0.25) is 0 Å². The molecule has 1 N–H and O–H groups in total. The van der Waals surface area contributed by atoms with Crippen LogP contribution in [0.1, 0.15) is 11.1 Å². The van der Waals surface area contributed by atoms with Crippen LogP contribution in [0, 0.1) is 12.7 Å². The van der Waals surface area contributed by atoms with E-state index in [1.54, 1.807) is 11.9 Å². The highest BCUT2D eigenvalue weighted by Gasteiger charge is 2.12. The van der Waals surface area contributed by atoms with Gasteiger partial charge < -0.3 is 10.2 Å². The van der Waals surface area contributed by atoms with Crippen LogP contribution in [0.15, 0.2) is 42.5 Å². The van der Waals surface area contributed by atoms with Crippen molar-refractivity contribution in [3.63, 3.8) is 0 Å². The molecule has 0 radical (unpaired) electrons. The number of nitrogens with one attached hydrogen (secondary N) is 1. The average Bonchev–Trinajstić information content (AvgIpc) is 2.44. The Morgan fingerprint density at radius 1 is 1.29 bits per heavy atom. The van der Waals surface area contributed by atoms with Crippen LogP contribution in [0.3, 0.4) is 0 Å². The summed E-state index contributed by atoms with van der Waals surface area (Å²) in [5.41, 5.74) is 2.58. The minimum Gasteiger partial charge on any atom is -0.323 e. The Morgan fingerprint density at radius 2 is 2.00 bits per heavy atom. The van der Waals surface area contributed by atoms with E-state index >= 15 is 0 Å². The van der Waals surface area contributed by atoms with Crippen LogP contribution in [0.2, 0.25) is 5.02 Å². The van der Waals surface area contributed by atoms with Crippen molar-refractivity contribution >= 4 is 23.3 Å². The van der Waals surface area contributed by atoms with Gasteiger partial charge in [-0.2, -0.15) is 0 Å². The molecule has 3 nitrogen and oxygen atoms in total. The molecule has 2 aromatic rings. The Morgan fingerprint density at radius 3 is 2.67 bits per heavy atom. The molecule has 2 aromatic carbocycles. The number of benzene rings is 2. The molecule has 0 spiro atoms. The van der Waals surface area contributed by atoms with Crippen molar-refractivity contribution in [2.75, 3.05) is 12.4 Å². The van der Waals surface area contributed by atoms with E-state index in [1.165, 1.54) is 18.2 Å². The van der Waals surface area contributed by atoms with Crippen molar-refractivity contribution in [2.45, 2.75) is 13.5 Å². The first kappa shape index (κ1) is 15.3. The maximum absolute atomic E-state index is 13.0. The molecule has 0 unspecified atom stereocenters. The summed E-state index contributed by atoms with van der Waals surface area (Å²) >= 11 is 5.89. The number of aryl methyl sites for hydroxylation is 1. The molecule has 0 atom stereocenters. The summed E-state index contributed by atoms with van der Waals surface area (Å²) in [5.74, 6) is -0.439. The summed E-state index contributed by atoms with van der Waals surface area (Å²) in [6.45, 7) is 2.48. The number of nitrogens with zero attached hydrogens (tertiary/aromatic N) is 1. The number of amides is 2. The van der Waals surface area contributed by atoms with Gasteiger partial charge in [-0.3, -0.25) is 0 Å². The molecule has 5 heteroatoms. The third-order valence-corrected chi connectivity index (χ3v) is 3.50. The van der Waals surface area contributed by atoms with Crippen LogP contribution in [-0.2, 0) is 6.54 Å². The third-order valence-electron chi connectivity index (χ3n) is 3.19. The second-order valence-corrected chi connectivity index (χ2v) is 5.24. The number of urea groups is 1. The van der Waals surface area contributed by atoms with Crippen LogP contribution in [-0.4, -0.2) is 18.0 Å². The van der Waals surface area contributed by atoms with Gasteiger partial charge in [0.1, 0.15) is 5.82 Å². The Labute approximate surface area is 128 Å². The van der Waals surface area contributed by atoms with Crippen LogP contribution >= 0.6 is 11.6 Å². The van der Waals surface area contributed by atoms with Crippen molar-refractivity contribution in [3.05, 3.63) is 64.4 Å². The first-order valence-corrected chi connectivity index (χ1v) is 6.87. The van der Waals surface area contributed by atoms with Crippen molar-refractivity contribution in [2.24, 2.45) is 0 Å². The normalized spacial score (nSPS) is 10.3. The van der Waals surface area contributed by atoms with E-state index in [0.29, 0.717) is 12.2 Å². The fraction of sp³-hybridized carbons (Fsp3) is 0.188. The Hall–Kier alpha value is -2.07. The van der Waals surface area contributed by atoms with Crippen molar-refractivity contribution < 1.29 is 9.18 Å². The second-order valence-electron chi connectivity index (χ2n) is 4.84. The molecule has 21 heavy (non-hydrogen) atoms. The van der Waals surface area contributed by atoms with Gasteiger partial charge in [0.15, 0.2) is 0 Å². The number of carbonyl (C=O) groups is 1. The third kappa shape index (κ3) is 3.95. The van der Waals surface area contributed by atoms with Gasteiger partial charge in [-0.15, -0.1) is 0 Å². The van der Waals surface area contributed by atoms with E-state index in [-0.39, 0.29) is 11.1 Å². The maximum Gasteiger partial charge on any atom is 0.321 e. The molecule has 110 valence electrons. The van der Waals surface area contributed by atoms with E-state index in [0.717, 1.165) is 11.1 Å². The second kappa shape index (κ2) is 6.59. The number of halogens is 2. The monoisotopic (exact) mass is 306 g/mol. The van der Waals surface area contributed by atoms with Gasteiger partial charge in [-0.1, -0.05) is 35.9 Å². The smallest absolute Gasteiger partial charge is 0.321 e. The fourth-order valence-electron chi connectivity index (χ4n) is 1.92. The molecule has 0 aromatic heterocycles. The van der Waals surface area contributed by atoms with E-state index in [1.807, 2.05) is 31.2 Å². The lowest BCUT2D eigenvalue weighted by atomic mass is 10.1. The van der Waals surface area contributed by atoms with Crippen LogP contribution in [0.25, 0.3) is 0 Å². The van der Waals surface area contributed by atoms with E-state index in [4.69, 9.17) is 11.6 Å². The summed E-state index contributed by atoms with van der Waals surface area (Å²) in [6, 6.07) is 11.4. The lowest BCUT2D eigenvalue weighted by Crippen LogP contribution is -2.31. The fourth-order valence-corrected chi connectivity index (χ4v) is 2.13. The van der Waals surface area contributed by atoms with Crippen molar-refractivity contribution in [3.8, 4) is 0 Å². The summed E-state index contributed by atoms with van der Waals surface area (Å²) in [7, 11) is 1.69. The highest BCUT2D eigenvalue weighted by atomic mass is 35.5. The van der Waals surface area contributed by atoms with Crippen LogP contribution < -0.4 is 5.32 Å². The Bertz CT molecular complexity index is 660. The zero-order chi connectivity index (χ0) is 15.4. The molecule has 0 heterocycles. The molecule has 0 saturated carbocycles. The van der Waals surface area contributed by atoms with Crippen LogP contribution in [0.5, 0.6) is 0 Å².